The topological polar surface area (TPSA) is 59.6 Å². The van der Waals surface area contributed by atoms with Gasteiger partial charge in [0.1, 0.15) is 0 Å². The maximum atomic E-state index is 12.3. The van der Waals surface area contributed by atoms with Crippen molar-refractivity contribution in [1.82, 2.24) is 0 Å². The number of nitrogens with zero attached hydrogens (tertiary/aromatic N) is 1. The summed E-state index contributed by atoms with van der Waals surface area (Å²) in [5.41, 5.74) is 7.88. The largest absolute Gasteiger partial charge is 0.573 e. The predicted octanol–water partition coefficient (Wildman–Crippen LogP) is 3.82. The maximum Gasteiger partial charge on any atom is 0.573 e. The van der Waals surface area contributed by atoms with Crippen molar-refractivity contribution >= 4 is 11.6 Å². The number of halogens is 3. The Morgan fingerprint density at radius 2 is 1.78 bits per heavy atom. The van der Waals surface area contributed by atoms with Crippen LogP contribution >= 0.6 is 0 Å². The number of benzene rings is 2. The summed E-state index contributed by atoms with van der Waals surface area (Å²) in [5.74, 6) is -0.364. The van der Waals surface area contributed by atoms with Crippen molar-refractivity contribution in [3.63, 3.8) is 0 Å². The van der Waals surface area contributed by atoms with Gasteiger partial charge in [0, 0.05) is 0 Å². The van der Waals surface area contributed by atoms with Gasteiger partial charge in [-0.3, -0.25) is 0 Å². The van der Waals surface area contributed by atoms with Crippen LogP contribution in [0.3, 0.4) is 0 Å². The van der Waals surface area contributed by atoms with Gasteiger partial charge in [0.05, 0.1) is 12.2 Å². The van der Waals surface area contributed by atoms with E-state index in [1.165, 1.54) is 18.2 Å². The molecule has 0 aliphatic rings. The van der Waals surface area contributed by atoms with Crippen LogP contribution in [0, 0.1) is 6.92 Å². The molecule has 0 atom stereocenters. The lowest BCUT2D eigenvalue weighted by atomic mass is 10.1. The fraction of sp³-hybridized carbons (Fsp3) is 0.188. The maximum absolute atomic E-state index is 12.3. The Bertz CT molecular complexity index is 682. The van der Waals surface area contributed by atoms with Crippen molar-refractivity contribution in [3.8, 4) is 5.75 Å². The molecule has 0 aromatic heterocycles. The SMILES string of the molecule is Cc1ccc(CN=C(N)Nc2ccccc2OC(F)(F)F)cc1. The number of nitrogens with one attached hydrogen (secondary N) is 1. The lowest BCUT2D eigenvalue weighted by molar-refractivity contribution is -0.274. The molecule has 0 aliphatic heterocycles. The van der Waals surface area contributed by atoms with E-state index in [2.05, 4.69) is 15.0 Å². The number of para-hydroxylation sites is 2. The van der Waals surface area contributed by atoms with E-state index in [9.17, 15) is 13.2 Å². The molecule has 0 heterocycles. The summed E-state index contributed by atoms with van der Waals surface area (Å²) in [5, 5.41) is 2.62. The predicted molar refractivity (Wildman–Crippen MR) is 83.3 cm³/mol. The summed E-state index contributed by atoms with van der Waals surface area (Å²) in [6, 6.07) is 13.3. The molecule has 0 saturated heterocycles. The van der Waals surface area contributed by atoms with Crippen LogP contribution in [0.2, 0.25) is 0 Å². The summed E-state index contributed by atoms with van der Waals surface area (Å²) in [6.45, 7) is 2.29. The van der Waals surface area contributed by atoms with Gasteiger partial charge in [-0.15, -0.1) is 13.2 Å². The van der Waals surface area contributed by atoms with Crippen LogP contribution in [-0.4, -0.2) is 12.3 Å². The highest BCUT2D eigenvalue weighted by molar-refractivity contribution is 5.93. The van der Waals surface area contributed by atoms with Gasteiger partial charge < -0.3 is 15.8 Å². The van der Waals surface area contributed by atoms with E-state index < -0.39 is 6.36 Å². The summed E-state index contributed by atoms with van der Waals surface area (Å²) >= 11 is 0. The van der Waals surface area contributed by atoms with Crippen LogP contribution in [0.15, 0.2) is 53.5 Å². The number of nitrogens with two attached hydrogens (primary N) is 1. The average Bonchev–Trinajstić information content (AvgIpc) is 2.47. The molecule has 2 aromatic carbocycles. The summed E-state index contributed by atoms with van der Waals surface area (Å²) < 4.78 is 41.0. The van der Waals surface area contributed by atoms with Gasteiger partial charge in [0.25, 0.3) is 0 Å². The van der Waals surface area contributed by atoms with Crippen LogP contribution in [0.1, 0.15) is 11.1 Å². The molecule has 122 valence electrons. The Morgan fingerprint density at radius 3 is 2.43 bits per heavy atom. The number of ether oxygens (including phenoxy) is 1. The second-order valence-corrected chi connectivity index (χ2v) is 4.86. The van der Waals surface area contributed by atoms with Crippen LogP contribution in [0.25, 0.3) is 0 Å². The smallest absolute Gasteiger partial charge is 0.404 e. The fourth-order valence-electron chi connectivity index (χ4n) is 1.83. The molecule has 0 aliphatic carbocycles. The highest BCUT2D eigenvalue weighted by Gasteiger charge is 2.32. The number of aliphatic imine (C=N–C) groups is 1. The Hall–Kier alpha value is -2.70. The first-order valence-electron chi connectivity index (χ1n) is 6.81. The number of hydrogen-bond donors (Lipinski definition) is 2. The molecule has 0 amide bonds. The molecule has 0 spiro atoms. The highest BCUT2D eigenvalue weighted by Crippen LogP contribution is 2.29. The first-order valence-corrected chi connectivity index (χ1v) is 6.81. The molecule has 0 radical (unpaired) electrons. The lowest BCUT2D eigenvalue weighted by Gasteiger charge is -2.14. The van der Waals surface area contributed by atoms with E-state index in [0.29, 0.717) is 6.54 Å². The van der Waals surface area contributed by atoms with E-state index in [-0.39, 0.29) is 17.4 Å². The van der Waals surface area contributed by atoms with Gasteiger partial charge in [-0.25, -0.2) is 4.99 Å². The quantitative estimate of drug-likeness (QED) is 0.664. The first kappa shape index (κ1) is 16.7. The summed E-state index contributed by atoms with van der Waals surface area (Å²) in [4.78, 5) is 4.10. The molecule has 0 bridgehead atoms. The molecule has 7 heteroatoms. The van der Waals surface area contributed by atoms with Gasteiger partial charge in [-0.2, -0.15) is 0 Å². The second-order valence-electron chi connectivity index (χ2n) is 4.86. The molecular weight excluding hydrogens is 307 g/mol. The number of guanidine groups is 1. The molecule has 2 rings (SSSR count). The van der Waals surface area contributed by atoms with E-state index in [4.69, 9.17) is 5.73 Å². The molecule has 23 heavy (non-hydrogen) atoms. The van der Waals surface area contributed by atoms with E-state index in [0.717, 1.165) is 11.1 Å². The standard InChI is InChI=1S/C16H16F3N3O/c1-11-6-8-12(9-7-11)10-21-15(20)22-13-4-2-3-5-14(13)23-16(17,18)19/h2-9H,10H2,1H3,(H3,20,21,22). The molecule has 2 aromatic rings. The van der Waals surface area contributed by atoms with Crippen molar-refractivity contribution < 1.29 is 17.9 Å². The van der Waals surface area contributed by atoms with Gasteiger partial charge in [0.15, 0.2) is 11.7 Å². The number of anilines is 1. The molecule has 0 saturated carbocycles. The molecule has 0 unspecified atom stereocenters. The minimum atomic E-state index is -4.77. The molecule has 0 fully saturated rings. The van der Waals surface area contributed by atoms with E-state index in [1.54, 1.807) is 6.07 Å². The van der Waals surface area contributed by atoms with Crippen LogP contribution < -0.4 is 15.8 Å². The van der Waals surface area contributed by atoms with E-state index >= 15 is 0 Å². The number of hydrogen-bond acceptors (Lipinski definition) is 2. The first-order chi connectivity index (χ1) is 10.8. The van der Waals surface area contributed by atoms with Gasteiger partial charge in [-0.05, 0) is 24.6 Å². The van der Waals surface area contributed by atoms with Crippen LogP contribution in [0.5, 0.6) is 5.75 Å². The van der Waals surface area contributed by atoms with E-state index in [1.807, 2.05) is 31.2 Å². The normalized spacial score (nSPS) is 12.1. The van der Waals surface area contributed by atoms with Crippen molar-refractivity contribution in [2.24, 2.45) is 10.7 Å². The number of rotatable bonds is 4. The average molecular weight is 323 g/mol. The Balaban J connectivity index is 2.06. The van der Waals surface area contributed by atoms with Crippen LogP contribution in [-0.2, 0) is 6.54 Å². The van der Waals surface area contributed by atoms with Gasteiger partial charge in [0.2, 0.25) is 0 Å². The van der Waals surface area contributed by atoms with Gasteiger partial charge >= 0.3 is 6.36 Å². The highest BCUT2D eigenvalue weighted by atomic mass is 19.4. The minimum absolute atomic E-state index is 0.00352. The summed E-state index contributed by atoms with van der Waals surface area (Å²) in [6.07, 6.45) is -4.77. The monoisotopic (exact) mass is 323 g/mol. The summed E-state index contributed by atoms with van der Waals surface area (Å²) in [7, 11) is 0. The zero-order valence-electron chi connectivity index (χ0n) is 12.4. The minimum Gasteiger partial charge on any atom is -0.404 e. The number of alkyl halides is 3. The Morgan fingerprint density at radius 1 is 1.13 bits per heavy atom. The third-order valence-corrected chi connectivity index (χ3v) is 2.93. The van der Waals surface area contributed by atoms with Crippen molar-refractivity contribution in [2.75, 3.05) is 5.32 Å². The lowest BCUT2D eigenvalue weighted by Crippen LogP contribution is -2.24. The van der Waals surface area contributed by atoms with Crippen LogP contribution in [0.4, 0.5) is 18.9 Å². The third kappa shape index (κ3) is 5.54. The number of aryl methyl sites for hydroxylation is 1. The second kappa shape index (κ2) is 7.04. The van der Waals surface area contributed by atoms with Gasteiger partial charge in [-0.1, -0.05) is 42.0 Å². The Kier molecular flexibility index (Phi) is 5.10. The Labute approximate surface area is 131 Å². The zero-order chi connectivity index (χ0) is 16.9. The zero-order valence-corrected chi connectivity index (χ0v) is 12.4. The fourth-order valence-corrected chi connectivity index (χ4v) is 1.83. The van der Waals surface area contributed by atoms with Crippen molar-refractivity contribution in [3.05, 3.63) is 59.7 Å². The molecule has 3 N–H and O–H groups in total. The molecule has 4 nitrogen and oxygen atoms in total. The van der Waals surface area contributed by atoms with Crippen molar-refractivity contribution in [2.45, 2.75) is 19.8 Å². The molecular formula is C16H16F3N3O. The third-order valence-electron chi connectivity index (χ3n) is 2.93. The van der Waals surface area contributed by atoms with Crippen molar-refractivity contribution in [1.29, 1.82) is 0 Å².